The van der Waals surface area contributed by atoms with Crippen LogP contribution in [0.5, 0.6) is 0 Å². The lowest BCUT2D eigenvalue weighted by molar-refractivity contribution is -0.116. The molecule has 0 aliphatic rings. The molecule has 1 N–H and O–H groups in total. The van der Waals surface area contributed by atoms with Crippen LogP contribution in [-0.4, -0.2) is 22.0 Å². The predicted octanol–water partition coefficient (Wildman–Crippen LogP) is 3.28. The van der Waals surface area contributed by atoms with Crippen molar-refractivity contribution in [2.45, 2.75) is 39.7 Å². The van der Waals surface area contributed by atoms with Gasteiger partial charge in [0.2, 0.25) is 5.91 Å². The zero-order valence-corrected chi connectivity index (χ0v) is 14.0. The fourth-order valence-corrected chi connectivity index (χ4v) is 2.43. The van der Waals surface area contributed by atoms with Crippen LogP contribution in [0, 0.1) is 6.92 Å². The normalized spacial score (nSPS) is 11.5. The van der Waals surface area contributed by atoms with Gasteiger partial charge in [0, 0.05) is 31.6 Å². The molecule has 1 aromatic carbocycles. The van der Waals surface area contributed by atoms with Crippen molar-refractivity contribution in [2.75, 3.05) is 6.54 Å². The van der Waals surface area contributed by atoms with E-state index in [-0.39, 0.29) is 5.91 Å². The van der Waals surface area contributed by atoms with Crippen LogP contribution in [-0.2, 0) is 17.8 Å². The number of hydrogen-bond donors (Lipinski definition) is 1. The molecule has 122 valence electrons. The van der Waals surface area contributed by atoms with E-state index in [0.29, 0.717) is 6.54 Å². The summed E-state index contributed by atoms with van der Waals surface area (Å²) in [6.45, 7) is 5.55. The first kappa shape index (κ1) is 17.0. The van der Waals surface area contributed by atoms with Gasteiger partial charge in [-0.1, -0.05) is 35.9 Å². The lowest BCUT2D eigenvalue weighted by Gasteiger charge is -2.06. The number of amides is 1. The van der Waals surface area contributed by atoms with Crippen LogP contribution in [0.15, 0.2) is 54.4 Å². The van der Waals surface area contributed by atoms with E-state index in [1.165, 1.54) is 5.56 Å². The van der Waals surface area contributed by atoms with Gasteiger partial charge in [-0.3, -0.25) is 4.79 Å². The second kappa shape index (κ2) is 8.93. The van der Waals surface area contributed by atoms with Crippen LogP contribution in [0.2, 0.25) is 0 Å². The number of benzene rings is 1. The van der Waals surface area contributed by atoms with Gasteiger partial charge in [-0.05, 0) is 38.7 Å². The van der Waals surface area contributed by atoms with Crippen LogP contribution >= 0.6 is 0 Å². The molecule has 1 amide bonds. The highest BCUT2D eigenvalue weighted by molar-refractivity contribution is 5.88. The third-order valence-electron chi connectivity index (χ3n) is 3.83. The minimum Gasteiger partial charge on any atom is -0.352 e. The summed E-state index contributed by atoms with van der Waals surface area (Å²) in [4.78, 5) is 16.1. The van der Waals surface area contributed by atoms with Crippen molar-refractivity contribution >= 4 is 5.91 Å². The van der Waals surface area contributed by atoms with E-state index in [0.717, 1.165) is 37.2 Å². The molecular weight excluding hydrogens is 286 g/mol. The number of nitrogens with zero attached hydrogens (tertiary/aromatic N) is 2. The van der Waals surface area contributed by atoms with Crippen molar-refractivity contribution in [3.05, 3.63) is 65.8 Å². The fraction of sp³-hybridized carbons (Fsp3) is 0.368. The molecule has 1 heterocycles. The highest BCUT2D eigenvalue weighted by Gasteiger charge is 2.00. The second-order valence-corrected chi connectivity index (χ2v) is 5.79. The molecule has 4 heteroatoms. The maximum atomic E-state index is 11.9. The van der Waals surface area contributed by atoms with E-state index in [9.17, 15) is 4.79 Å². The van der Waals surface area contributed by atoms with E-state index < -0.39 is 0 Å². The molecule has 0 radical (unpaired) electrons. The fourth-order valence-electron chi connectivity index (χ4n) is 2.43. The van der Waals surface area contributed by atoms with Crippen molar-refractivity contribution in [3.8, 4) is 0 Å². The highest BCUT2D eigenvalue weighted by atomic mass is 16.1. The molecule has 2 rings (SSSR count). The van der Waals surface area contributed by atoms with E-state index in [1.54, 1.807) is 12.3 Å². The average molecular weight is 311 g/mol. The van der Waals surface area contributed by atoms with Crippen LogP contribution in [0.3, 0.4) is 0 Å². The molecule has 0 fully saturated rings. The topological polar surface area (TPSA) is 46.9 Å². The Bertz CT molecular complexity index is 644. The van der Waals surface area contributed by atoms with Gasteiger partial charge in [-0.25, -0.2) is 4.98 Å². The first-order chi connectivity index (χ1) is 11.1. The van der Waals surface area contributed by atoms with Gasteiger partial charge in [0.25, 0.3) is 0 Å². The molecule has 0 unspecified atom stereocenters. The van der Waals surface area contributed by atoms with Crippen molar-refractivity contribution in [1.29, 1.82) is 0 Å². The third kappa shape index (κ3) is 6.10. The van der Waals surface area contributed by atoms with Gasteiger partial charge in [0.05, 0.1) is 0 Å². The maximum Gasteiger partial charge on any atom is 0.243 e. The average Bonchev–Trinajstić information content (AvgIpc) is 2.96. The quantitative estimate of drug-likeness (QED) is 0.601. The van der Waals surface area contributed by atoms with E-state index >= 15 is 0 Å². The van der Waals surface area contributed by atoms with Gasteiger partial charge in [-0.15, -0.1) is 0 Å². The van der Waals surface area contributed by atoms with E-state index in [4.69, 9.17) is 0 Å². The van der Waals surface area contributed by atoms with Gasteiger partial charge in [0.15, 0.2) is 0 Å². The van der Waals surface area contributed by atoms with Crippen LogP contribution in [0.4, 0.5) is 0 Å². The molecule has 0 bridgehead atoms. The summed E-state index contributed by atoms with van der Waals surface area (Å²) in [7, 11) is 0. The summed E-state index contributed by atoms with van der Waals surface area (Å²) in [5.74, 6) is 1.01. The van der Waals surface area contributed by atoms with Crippen molar-refractivity contribution in [3.63, 3.8) is 0 Å². The Morgan fingerprint density at radius 2 is 2.09 bits per heavy atom. The summed E-state index contributed by atoms with van der Waals surface area (Å²) < 4.78 is 2.09. The Kier molecular flexibility index (Phi) is 6.60. The molecule has 0 saturated heterocycles. The number of carbonyl (C=O) groups is 1. The molecule has 0 aliphatic carbocycles. The number of allylic oxidation sites excluding steroid dienone is 1. The molecule has 0 aliphatic heterocycles. The molecule has 0 saturated carbocycles. The summed E-state index contributed by atoms with van der Waals surface area (Å²) in [6, 6.07) is 10.3. The molecule has 0 atom stereocenters. The molecular formula is C19H25N3O. The van der Waals surface area contributed by atoms with Gasteiger partial charge >= 0.3 is 0 Å². The summed E-state index contributed by atoms with van der Waals surface area (Å²) in [5.41, 5.74) is 2.41. The Hall–Kier alpha value is -2.36. The predicted molar refractivity (Wildman–Crippen MR) is 93.1 cm³/mol. The molecule has 23 heavy (non-hydrogen) atoms. The monoisotopic (exact) mass is 311 g/mol. The summed E-state index contributed by atoms with van der Waals surface area (Å²) >= 11 is 0. The van der Waals surface area contributed by atoms with E-state index in [2.05, 4.69) is 27.0 Å². The number of aryl methyl sites for hydroxylation is 3. The molecule has 4 nitrogen and oxygen atoms in total. The van der Waals surface area contributed by atoms with Gasteiger partial charge in [-0.2, -0.15) is 0 Å². The van der Waals surface area contributed by atoms with E-state index in [1.807, 2.05) is 38.2 Å². The first-order valence-corrected chi connectivity index (χ1v) is 8.12. The number of hydrogen-bond acceptors (Lipinski definition) is 2. The van der Waals surface area contributed by atoms with Gasteiger partial charge in [0.1, 0.15) is 5.82 Å². The van der Waals surface area contributed by atoms with Crippen molar-refractivity contribution in [1.82, 2.24) is 14.9 Å². The number of carbonyl (C=O) groups excluding carboxylic acids is 1. The van der Waals surface area contributed by atoms with Crippen LogP contribution < -0.4 is 5.32 Å². The summed E-state index contributed by atoms with van der Waals surface area (Å²) in [6.07, 6.45) is 8.25. The number of nitrogens with one attached hydrogen (secondary N) is 1. The minimum absolute atomic E-state index is 0.00193. The zero-order chi connectivity index (χ0) is 16.5. The number of imidazole rings is 1. The number of rotatable bonds is 8. The Morgan fingerprint density at radius 1 is 1.30 bits per heavy atom. The zero-order valence-electron chi connectivity index (χ0n) is 14.0. The highest BCUT2D eigenvalue weighted by Crippen LogP contribution is 2.08. The standard InChI is InChI=1S/C19H25N3O/c1-16(9-10-18-7-4-3-5-8-18)15-19(23)21-11-6-13-22-14-12-20-17(22)2/h3-5,7-8,12,14-15H,6,9-11,13H2,1-2H3,(H,21,23)/b16-15-. The molecule has 1 aromatic heterocycles. The Morgan fingerprint density at radius 3 is 2.78 bits per heavy atom. The largest absolute Gasteiger partial charge is 0.352 e. The van der Waals surface area contributed by atoms with Crippen molar-refractivity contribution < 1.29 is 4.79 Å². The van der Waals surface area contributed by atoms with Crippen LogP contribution in [0.25, 0.3) is 0 Å². The first-order valence-electron chi connectivity index (χ1n) is 8.12. The second-order valence-electron chi connectivity index (χ2n) is 5.79. The number of aromatic nitrogens is 2. The Labute approximate surface area is 138 Å². The maximum absolute atomic E-state index is 11.9. The summed E-state index contributed by atoms with van der Waals surface area (Å²) in [5, 5.41) is 2.94. The van der Waals surface area contributed by atoms with Gasteiger partial charge < -0.3 is 9.88 Å². The lowest BCUT2D eigenvalue weighted by Crippen LogP contribution is -2.23. The Balaban J connectivity index is 1.65. The SMILES string of the molecule is C/C(=C/C(=O)NCCCn1ccnc1C)CCc1ccccc1. The molecule has 0 spiro atoms. The molecule has 2 aromatic rings. The minimum atomic E-state index is -0.00193. The third-order valence-corrected chi connectivity index (χ3v) is 3.83. The smallest absolute Gasteiger partial charge is 0.243 e. The van der Waals surface area contributed by atoms with Crippen molar-refractivity contribution in [2.24, 2.45) is 0 Å². The lowest BCUT2D eigenvalue weighted by atomic mass is 10.1. The van der Waals surface area contributed by atoms with Crippen LogP contribution in [0.1, 0.15) is 31.2 Å².